The van der Waals surface area contributed by atoms with Crippen molar-refractivity contribution in [3.05, 3.63) is 70.4 Å². The van der Waals surface area contributed by atoms with Crippen molar-refractivity contribution in [2.45, 2.75) is 20.8 Å². The Morgan fingerprint density at radius 2 is 1.79 bits per heavy atom. The number of rotatable bonds is 2. The van der Waals surface area contributed by atoms with Gasteiger partial charge < -0.3 is 4.98 Å². The lowest BCUT2D eigenvalue weighted by Gasteiger charge is -2.05. The van der Waals surface area contributed by atoms with Crippen LogP contribution in [0, 0.1) is 18.3 Å². The maximum atomic E-state index is 12.1. The van der Waals surface area contributed by atoms with Crippen molar-refractivity contribution in [2.24, 2.45) is 0 Å². The molecule has 1 aromatic carbocycles. The van der Waals surface area contributed by atoms with E-state index in [0.29, 0.717) is 17.0 Å². The fraction of sp³-hybridized carbons (Fsp3) is 0.158. The number of pyridine rings is 1. The zero-order valence-electron chi connectivity index (χ0n) is 13.9. The predicted molar refractivity (Wildman–Crippen MR) is 94.3 cm³/mol. The lowest BCUT2D eigenvalue weighted by molar-refractivity contribution is 1.13. The molecule has 0 radical (unpaired) electrons. The fourth-order valence-electron chi connectivity index (χ4n) is 2.12. The van der Waals surface area contributed by atoms with E-state index in [1.165, 1.54) is 12.3 Å². The molecular weight excluding hydrogens is 300 g/mol. The molecule has 0 spiro atoms. The highest BCUT2D eigenvalue weighted by atomic mass is 16.1. The van der Waals surface area contributed by atoms with E-state index in [1.54, 1.807) is 12.3 Å². The van der Waals surface area contributed by atoms with Crippen LogP contribution in [0.5, 0.6) is 0 Å². The predicted octanol–water partition coefficient (Wildman–Crippen LogP) is 3.71. The Bertz CT molecular complexity index is 921. The summed E-state index contributed by atoms with van der Waals surface area (Å²) in [5.41, 5.74) is 3.26. The summed E-state index contributed by atoms with van der Waals surface area (Å²) in [6.07, 6.45) is 3.08. The van der Waals surface area contributed by atoms with E-state index in [1.807, 2.05) is 51.1 Å². The number of nitriles is 1. The second-order valence-corrected chi connectivity index (χ2v) is 4.87. The number of aromatic amines is 1. The molecule has 0 aliphatic rings. The van der Waals surface area contributed by atoms with Gasteiger partial charge >= 0.3 is 0 Å². The zero-order valence-corrected chi connectivity index (χ0v) is 13.9. The summed E-state index contributed by atoms with van der Waals surface area (Å²) in [5.74, 6) is 0.406. The van der Waals surface area contributed by atoms with Gasteiger partial charge in [-0.05, 0) is 24.6 Å². The van der Waals surface area contributed by atoms with Gasteiger partial charge in [-0.2, -0.15) is 5.26 Å². The van der Waals surface area contributed by atoms with Gasteiger partial charge in [-0.3, -0.25) is 4.79 Å². The van der Waals surface area contributed by atoms with Gasteiger partial charge in [0.25, 0.3) is 5.56 Å². The Morgan fingerprint density at radius 1 is 1.08 bits per heavy atom. The lowest BCUT2D eigenvalue weighted by Crippen LogP contribution is -2.08. The molecule has 0 saturated heterocycles. The van der Waals surface area contributed by atoms with Crippen molar-refractivity contribution < 1.29 is 0 Å². The minimum Gasteiger partial charge on any atom is -0.328 e. The van der Waals surface area contributed by atoms with E-state index < -0.39 is 0 Å². The second kappa shape index (κ2) is 7.84. The minimum absolute atomic E-state index is 0.177. The van der Waals surface area contributed by atoms with Gasteiger partial charge in [0.2, 0.25) is 0 Å². The summed E-state index contributed by atoms with van der Waals surface area (Å²) in [6.45, 7) is 5.99. The smallest absolute Gasteiger partial charge is 0.255 e. The topological polar surface area (TPSA) is 82.4 Å². The molecule has 120 valence electrons. The molecule has 0 aliphatic carbocycles. The molecule has 5 nitrogen and oxygen atoms in total. The molecule has 0 unspecified atom stereocenters. The molecule has 24 heavy (non-hydrogen) atoms. The van der Waals surface area contributed by atoms with Crippen molar-refractivity contribution in [1.29, 1.82) is 5.26 Å². The Labute approximate surface area is 140 Å². The van der Waals surface area contributed by atoms with E-state index in [4.69, 9.17) is 5.26 Å². The second-order valence-electron chi connectivity index (χ2n) is 4.87. The van der Waals surface area contributed by atoms with Gasteiger partial charge in [-0.1, -0.05) is 43.7 Å². The molecule has 5 heteroatoms. The Kier molecular flexibility index (Phi) is 5.58. The van der Waals surface area contributed by atoms with Gasteiger partial charge in [-0.15, -0.1) is 0 Å². The summed E-state index contributed by atoms with van der Waals surface area (Å²) < 4.78 is 0. The van der Waals surface area contributed by atoms with Crippen LogP contribution >= 0.6 is 0 Å². The number of nitrogens with one attached hydrogen (secondary N) is 1. The third-order valence-corrected chi connectivity index (χ3v) is 3.29. The quantitative estimate of drug-likeness (QED) is 0.781. The molecule has 0 amide bonds. The lowest BCUT2D eigenvalue weighted by atomic mass is 10.0. The van der Waals surface area contributed by atoms with E-state index in [2.05, 4.69) is 15.0 Å². The van der Waals surface area contributed by atoms with Gasteiger partial charge in [0, 0.05) is 23.5 Å². The molecule has 0 fully saturated rings. The number of nitrogens with zero attached hydrogens (tertiary/aromatic N) is 3. The van der Waals surface area contributed by atoms with Gasteiger partial charge in [-0.25, -0.2) is 9.97 Å². The van der Waals surface area contributed by atoms with Crippen LogP contribution in [0.3, 0.4) is 0 Å². The molecule has 1 N–H and O–H groups in total. The minimum atomic E-state index is -0.177. The maximum Gasteiger partial charge on any atom is 0.255 e. The highest BCUT2D eigenvalue weighted by Crippen LogP contribution is 2.21. The average molecular weight is 318 g/mol. The molecule has 2 aromatic heterocycles. The van der Waals surface area contributed by atoms with Gasteiger partial charge in [0.15, 0.2) is 5.82 Å². The van der Waals surface area contributed by atoms with Crippen LogP contribution in [0.2, 0.25) is 0 Å². The Balaban J connectivity index is 0.00000100. The number of H-pyrrole nitrogens is 1. The normalized spacial score (nSPS) is 9.58. The van der Waals surface area contributed by atoms with E-state index in [0.717, 1.165) is 11.1 Å². The molecule has 0 bridgehead atoms. The molecule has 0 aliphatic heterocycles. The van der Waals surface area contributed by atoms with Crippen LogP contribution in [0.15, 0.2) is 53.6 Å². The average Bonchev–Trinajstić information content (AvgIpc) is 2.65. The summed E-state index contributed by atoms with van der Waals surface area (Å²) in [5, 5.41) is 8.91. The summed E-state index contributed by atoms with van der Waals surface area (Å²) >= 11 is 0. The standard InChI is InChI=1S/C17H12N4O.C2H6/c1-11-2-4-12(5-3-11)15-8-13(10-20-17(15)22)16-19-7-6-14(9-18)21-16;1-2/h2-8,10H,1H3,(H,20,22);1-2H3. The molecule has 3 aromatic rings. The first kappa shape index (κ1) is 17.1. The van der Waals surface area contributed by atoms with Crippen LogP contribution in [-0.4, -0.2) is 15.0 Å². The number of aryl methyl sites for hydroxylation is 1. The largest absolute Gasteiger partial charge is 0.328 e. The van der Waals surface area contributed by atoms with Crippen molar-refractivity contribution in [1.82, 2.24) is 15.0 Å². The van der Waals surface area contributed by atoms with Crippen LogP contribution in [0.1, 0.15) is 25.1 Å². The maximum absolute atomic E-state index is 12.1. The van der Waals surface area contributed by atoms with Gasteiger partial charge in [0.1, 0.15) is 11.8 Å². The van der Waals surface area contributed by atoms with Crippen molar-refractivity contribution in [3.8, 4) is 28.6 Å². The molecule has 0 atom stereocenters. The van der Waals surface area contributed by atoms with Crippen molar-refractivity contribution in [3.63, 3.8) is 0 Å². The Morgan fingerprint density at radius 3 is 2.46 bits per heavy atom. The van der Waals surface area contributed by atoms with Crippen LogP contribution in [0.25, 0.3) is 22.5 Å². The van der Waals surface area contributed by atoms with Crippen LogP contribution in [0.4, 0.5) is 0 Å². The van der Waals surface area contributed by atoms with Crippen molar-refractivity contribution in [2.75, 3.05) is 0 Å². The molecule has 3 rings (SSSR count). The number of hydrogen-bond acceptors (Lipinski definition) is 4. The fourth-order valence-corrected chi connectivity index (χ4v) is 2.12. The summed E-state index contributed by atoms with van der Waals surface area (Å²) in [7, 11) is 0. The number of aromatic nitrogens is 3. The van der Waals surface area contributed by atoms with Crippen LogP contribution in [-0.2, 0) is 0 Å². The van der Waals surface area contributed by atoms with Gasteiger partial charge in [0.05, 0.1) is 0 Å². The zero-order chi connectivity index (χ0) is 17.5. The SMILES string of the molecule is CC.Cc1ccc(-c2cc(-c3nccc(C#N)n3)c[nH]c2=O)cc1. The Hall–Kier alpha value is -3.26. The summed E-state index contributed by atoms with van der Waals surface area (Å²) in [4.78, 5) is 23.1. The first-order chi connectivity index (χ1) is 11.7. The van der Waals surface area contributed by atoms with E-state index in [-0.39, 0.29) is 11.3 Å². The monoisotopic (exact) mass is 318 g/mol. The number of hydrogen-bond donors (Lipinski definition) is 1. The first-order valence-electron chi connectivity index (χ1n) is 7.70. The molecule has 0 saturated carbocycles. The van der Waals surface area contributed by atoms with Crippen LogP contribution < -0.4 is 5.56 Å². The van der Waals surface area contributed by atoms with E-state index in [9.17, 15) is 4.79 Å². The van der Waals surface area contributed by atoms with E-state index >= 15 is 0 Å². The number of benzene rings is 1. The third kappa shape index (κ3) is 3.73. The highest BCUT2D eigenvalue weighted by Gasteiger charge is 2.08. The molecular formula is C19H18N4O. The molecule has 2 heterocycles. The summed E-state index contributed by atoms with van der Waals surface area (Å²) in [6, 6.07) is 13.0. The first-order valence-corrected chi connectivity index (χ1v) is 7.70. The van der Waals surface area contributed by atoms with Crippen molar-refractivity contribution >= 4 is 0 Å². The third-order valence-electron chi connectivity index (χ3n) is 3.29. The highest BCUT2D eigenvalue weighted by molar-refractivity contribution is 5.68.